The molecule has 6 heteroatoms. The molecule has 126 valence electrons. The SMILES string of the molecule is CNc1cc(CC[Si](C)(C)c2ccco2)c(NC)c(NC)c1O. The Bertz CT molecular complexity index is 654. The van der Waals surface area contributed by atoms with Crippen molar-refractivity contribution in [2.24, 2.45) is 0 Å². The second-order valence-corrected chi connectivity index (χ2v) is 11.1. The first-order chi connectivity index (χ1) is 10.9. The molecule has 0 amide bonds. The van der Waals surface area contributed by atoms with Crippen LogP contribution in [0.5, 0.6) is 5.75 Å². The molecule has 0 aliphatic heterocycles. The summed E-state index contributed by atoms with van der Waals surface area (Å²) in [6, 6.07) is 7.14. The zero-order valence-electron chi connectivity index (χ0n) is 14.6. The van der Waals surface area contributed by atoms with E-state index in [1.54, 1.807) is 6.26 Å². The van der Waals surface area contributed by atoms with Crippen molar-refractivity contribution >= 4 is 30.5 Å². The van der Waals surface area contributed by atoms with E-state index in [1.807, 2.05) is 33.3 Å². The Labute approximate surface area is 139 Å². The highest BCUT2D eigenvalue weighted by molar-refractivity contribution is 6.88. The Balaban J connectivity index is 2.32. The molecule has 0 atom stereocenters. The van der Waals surface area contributed by atoms with E-state index in [2.05, 4.69) is 35.1 Å². The number of phenols is 1. The fraction of sp³-hybridized carbons (Fsp3) is 0.412. The Morgan fingerprint density at radius 1 is 1.09 bits per heavy atom. The van der Waals surface area contributed by atoms with Crippen molar-refractivity contribution in [2.45, 2.75) is 25.6 Å². The van der Waals surface area contributed by atoms with Crippen LogP contribution in [0.25, 0.3) is 0 Å². The van der Waals surface area contributed by atoms with Crippen LogP contribution in [0, 0.1) is 0 Å². The van der Waals surface area contributed by atoms with Gasteiger partial charge in [0.2, 0.25) is 0 Å². The summed E-state index contributed by atoms with van der Waals surface area (Å²) in [6.45, 7) is 4.65. The first-order valence-corrected chi connectivity index (χ1v) is 11.1. The van der Waals surface area contributed by atoms with Gasteiger partial charge in [-0.3, -0.25) is 0 Å². The van der Waals surface area contributed by atoms with Gasteiger partial charge in [0, 0.05) is 21.1 Å². The molecular formula is C17H27N3O2Si. The van der Waals surface area contributed by atoms with Crippen molar-refractivity contribution < 1.29 is 9.52 Å². The molecular weight excluding hydrogens is 306 g/mol. The van der Waals surface area contributed by atoms with Crippen molar-refractivity contribution in [3.63, 3.8) is 0 Å². The van der Waals surface area contributed by atoms with Crippen molar-refractivity contribution in [2.75, 3.05) is 37.1 Å². The first kappa shape index (κ1) is 17.3. The van der Waals surface area contributed by atoms with Crippen LogP contribution in [0.3, 0.4) is 0 Å². The molecule has 0 fully saturated rings. The van der Waals surface area contributed by atoms with E-state index in [4.69, 9.17) is 4.42 Å². The molecule has 0 bridgehead atoms. The lowest BCUT2D eigenvalue weighted by atomic mass is 10.1. The molecule has 4 N–H and O–H groups in total. The number of nitrogens with one attached hydrogen (secondary N) is 3. The number of hydrogen-bond donors (Lipinski definition) is 4. The van der Waals surface area contributed by atoms with Gasteiger partial charge in [-0.2, -0.15) is 0 Å². The minimum atomic E-state index is -1.61. The fourth-order valence-corrected chi connectivity index (χ4v) is 4.95. The summed E-state index contributed by atoms with van der Waals surface area (Å²) in [6.07, 6.45) is 2.68. The maximum atomic E-state index is 10.3. The number of aryl methyl sites for hydroxylation is 1. The first-order valence-electron chi connectivity index (χ1n) is 7.90. The number of rotatable bonds is 7. The summed E-state index contributed by atoms with van der Waals surface area (Å²) < 4.78 is 5.63. The van der Waals surface area contributed by atoms with Gasteiger partial charge < -0.3 is 25.5 Å². The third kappa shape index (κ3) is 3.47. The van der Waals surface area contributed by atoms with Gasteiger partial charge in [-0.15, -0.1) is 0 Å². The Morgan fingerprint density at radius 2 is 1.78 bits per heavy atom. The number of phenolic OH excluding ortho intramolecular Hbond substituents is 1. The highest BCUT2D eigenvalue weighted by Gasteiger charge is 2.27. The van der Waals surface area contributed by atoms with E-state index < -0.39 is 8.07 Å². The van der Waals surface area contributed by atoms with Crippen LogP contribution in [0.4, 0.5) is 17.1 Å². The summed E-state index contributed by atoms with van der Waals surface area (Å²) in [7, 11) is 3.91. The second-order valence-electron chi connectivity index (χ2n) is 6.29. The van der Waals surface area contributed by atoms with Crippen molar-refractivity contribution in [3.8, 4) is 5.75 Å². The lowest BCUT2D eigenvalue weighted by Gasteiger charge is -2.22. The molecule has 1 aromatic carbocycles. The van der Waals surface area contributed by atoms with Crippen LogP contribution in [0.2, 0.25) is 19.1 Å². The Kier molecular flexibility index (Phi) is 5.25. The number of aromatic hydroxyl groups is 1. The number of benzene rings is 1. The van der Waals surface area contributed by atoms with E-state index in [1.165, 1.54) is 5.56 Å². The van der Waals surface area contributed by atoms with E-state index in [-0.39, 0.29) is 5.75 Å². The van der Waals surface area contributed by atoms with Crippen molar-refractivity contribution in [1.29, 1.82) is 0 Å². The zero-order chi connectivity index (χ0) is 17.0. The quantitative estimate of drug-likeness (QED) is 0.462. The highest BCUT2D eigenvalue weighted by Crippen LogP contribution is 2.41. The van der Waals surface area contributed by atoms with Crippen molar-refractivity contribution in [3.05, 3.63) is 30.0 Å². The van der Waals surface area contributed by atoms with E-state index in [0.29, 0.717) is 0 Å². The fourth-order valence-electron chi connectivity index (χ4n) is 2.88. The summed E-state index contributed by atoms with van der Waals surface area (Å²) in [5.41, 5.74) is 3.60. The van der Waals surface area contributed by atoms with Crippen LogP contribution in [-0.4, -0.2) is 34.3 Å². The van der Waals surface area contributed by atoms with Gasteiger partial charge in [0.25, 0.3) is 0 Å². The monoisotopic (exact) mass is 333 g/mol. The lowest BCUT2D eigenvalue weighted by Crippen LogP contribution is -2.40. The van der Waals surface area contributed by atoms with Crippen LogP contribution >= 0.6 is 0 Å². The molecule has 0 spiro atoms. The summed E-state index contributed by atoms with van der Waals surface area (Å²) in [5.74, 6) is 0.241. The molecule has 1 heterocycles. The Morgan fingerprint density at radius 3 is 2.30 bits per heavy atom. The van der Waals surface area contributed by atoms with Gasteiger partial charge in [-0.1, -0.05) is 13.1 Å². The lowest BCUT2D eigenvalue weighted by molar-refractivity contribution is 0.480. The minimum Gasteiger partial charge on any atom is -0.504 e. The normalized spacial score (nSPS) is 11.3. The number of anilines is 3. The van der Waals surface area contributed by atoms with Crippen LogP contribution < -0.4 is 21.3 Å². The van der Waals surface area contributed by atoms with Crippen LogP contribution in [0.1, 0.15) is 5.56 Å². The highest BCUT2D eigenvalue weighted by atomic mass is 28.3. The van der Waals surface area contributed by atoms with E-state index in [0.717, 1.165) is 34.9 Å². The van der Waals surface area contributed by atoms with Gasteiger partial charge in [0.1, 0.15) is 13.8 Å². The molecule has 2 aromatic rings. The Hall–Kier alpha value is -2.08. The van der Waals surface area contributed by atoms with Crippen LogP contribution in [-0.2, 0) is 6.42 Å². The number of furan rings is 1. The molecule has 2 rings (SSSR count). The molecule has 1 aromatic heterocycles. The van der Waals surface area contributed by atoms with E-state index in [9.17, 15) is 5.11 Å². The predicted octanol–water partition coefficient (Wildman–Crippen LogP) is 3.27. The topological polar surface area (TPSA) is 69.5 Å². The summed E-state index contributed by atoms with van der Waals surface area (Å²) in [4.78, 5) is 0. The van der Waals surface area contributed by atoms with Crippen LogP contribution in [0.15, 0.2) is 28.9 Å². The standard InChI is InChI=1S/C17H27N3O2Si/c1-18-13-11-12(15(19-2)16(20-3)17(13)21)8-10-23(4,5)14-7-6-9-22-14/h6-7,9,11,18-21H,8,10H2,1-5H3. The molecule has 0 saturated heterocycles. The van der Waals surface area contributed by atoms with Gasteiger partial charge in [-0.25, -0.2) is 0 Å². The minimum absolute atomic E-state index is 0.241. The molecule has 5 nitrogen and oxygen atoms in total. The number of hydrogen-bond acceptors (Lipinski definition) is 5. The maximum absolute atomic E-state index is 10.3. The largest absolute Gasteiger partial charge is 0.504 e. The van der Waals surface area contributed by atoms with Gasteiger partial charge >= 0.3 is 0 Å². The molecule has 23 heavy (non-hydrogen) atoms. The zero-order valence-corrected chi connectivity index (χ0v) is 15.6. The average molecular weight is 334 g/mol. The summed E-state index contributed by atoms with van der Waals surface area (Å²) >= 11 is 0. The molecule has 0 saturated carbocycles. The van der Waals surface area contributed by atoms with Gasteiger partial charge in [0.15, 0.2) is 5.75 Å². The van der Waals surface area contributed by atoms with Crippen molar-refractivity contribution in [1.82, 2.24) is 0 Å². The average Bonchev–Trinajstić information content (AvgIpc) is 3.08. The smallest absolute Gasteiger partial charge is 0.164 e. The predicted molar refractivity (Wildman–Crippen MR) is 101 cm³/mol. The van der Waals surface area contributed by atoms with E-state index >= 15 is 0 Å². The van der Waals surface area contributed by atoms with Gasteiger partial charge in [0.05, 0.1) is 23.0 Å². The third-order valence-electron chi connectivity index (χ3n) is 4.36. The third-order valence-corrected chi connectivity index (χ3v) is 7.48. The molecule has 0 unspecified atom stereocenters. The second kappa shape index (κ2) is 7.00. The summed E-state index contributed by atoms with van der Waals surface area (Å²) in [5, 5.41) is 20.8. The maximum Gasteiger partial charge on any atom is 0.164 e. The van der Waals surface area contributed by atoms with Gasteiger partial charge in [-0.05, 0) is 36.2 Å². The molecule has 0 aliphatic rings. The molecule has 0 radical (unpaired) electrons. The molecule has 0 aliphatic carbocycles.